The van der Waals surface area contributed by atoms with Gasteiger partial charge in [-0.25, -0.2) is 0 Å². The summed E-state index contributed by atoms with van der Waals surface area (Å²) in [5, 5.41) is 20.7. The molecular weight excluding hydrogens is 404 g/mol. The minimum absolute atomic E-state index is 0.0812. The molecule has 1 aromatic carbocycles. The normalized spacial score (nSPS) is 25.5. The Morgan fingerprint density at radius 3 is 2.48 bits per heavy atom. The molecule has 0 bridgehead atoms. The molecule has 2 heterocycles. The predicted molar refractivity (Wildman–Crippen MR) is 112 cm³/mol. The number of hydrogen-bond acceptors (Lipinski definition) is 7. The molecule has 1 aliphatic carbocycles. The molecule has 3 atom stereocenters. The van der Waals surface area contributed by atoms with E-state index < -0.39 is 6.10 Å². The van der Waals surface area contributed by atoms with Crippen molar-refractivity contribution in [2.75, 3.05) is 33.9 Å². The van der Waals surface area contributed by atoms with E-state index in [1.807, 2.05) is 6.07 Å². The third-order valence-electron chi connectivity index (χ3n) is 6.06. The maximum Gasteiger partial charge on any atom is 0.290 e. The zero-order chi connectivity index (χ0) is 22.4. The van der Waals surface area contributed by atoms with E-state index >= 15 is 0 Å². The first kappa shape index (κ1) is 23.3. The Morgan fingerprint density at radius 2 is 1.87 bits per heavy atom. The third-order valence-corrected chi connectivity index (χ3v) is 6.06. The van der Waals surface area contributed by atoms with Gasteiger partial charge in [-0.3, -0.25) is 14.5 Å². The summed E-state index contributed by atoms with van der Waals surface area (Å²) in [5.41, 5.74) is 2.49. The van der Waals surface area contributed by atoms with Crippen LogP contribution in [0.15, 0.2) is 12.1 Å². The summed E-state index contributed by atoms with van der Waals surface area (Å²) in [5.74, 6) is 1.73. The minimum atomic E-state index is -0.678. The number of carboxylic acid groups (broad SMARTS) is 1. The molecule has 4 rings (SSSR count). The van der Waals surface area contributed by atoms with E-state index in [0.29, 0.717) is 19.6 Å². The summed E-state index contributed by atoms with van der Waals surface area (Å²) >= 11 is 0. The number of carbonyl (C=O) groups excluding carboxylic acids is 1. The molecule has 1 aromatic rings. The zero-order valence-corrected chi connectivity index (χ0v) is 18.1. The lowest BCUT2D eigenvalue weighted by atomic mass is 9.96. The summed E-state index contributed by atoms with van der Waals surface area (Å²) in [6.07, 6.45) is 2.55. The van der Waals surface area contributed by atoms with Crippen LogP contribution in [0, 0.1) is 5.92 Å². The molecule has 1 saturated heterocycles. The standard InChI is InChI=1S/C21H30N2O5.CH2O2/c1-26-17-9-14-5-7-23(11-15(14)10-18(17)27-2)12-19-20(24)16(6-8-28-19)22-21(25)13-3-4-13;2-1-3/h9-10,13,16,19-20,24H,3-8,11-12H2,1-2H3,(H,22,25);1H,(H,2,3)/t16-,19+,20-;/m0./s1. The number of fused-ring (bicyclic) bond motifs is 1. The highest BCUT2D eigenvalue weighted by Gasteiger charge is 2.38. The Kier molecular flexibility index (Phi) is 8.11. The third kappa shape index (κ3) is 5.87. The van der Waals surface area contributed by atoms with Crippen LogP contribution in [0.3, 0.4) is 0 Å². The van der Waals surface area contributed by atoms with Gasteiger partial charge in [-0.15, -0.1) is 0 Å². The lowest BCUT2D eigenvalue weighted by Gasteiger charge is -2.39. The van der Waals surface area contributed by atoms with E-state index in [4.69, 9.17) is 24.1 Å². The monoisotopic (exact) mass is 436 g/mol. The second-order valence-corrected chi connectivity index (χ2v) is 8.14. The van der Waals surface area contributed by atoms with Gasteiger partial charge in [0.2, 0.25) is 5.91 Å². The molecule has 2 aliphatic heterocycles. The van der Waals surface area contributed by atoms with Crippen LogP contribution in [0.5, 0.6) is 11.5 Å². The van der Waals surface area contributed by atoms with Crippen molar-refractivity contribution in [2.45, 2.75) is 50.5 Å². The highest BCUT2D eigenvalue weighted by Crippen LogP contribution is 2.33. The fourth-order valence-corrected chi connectivity index (χ4v) is 4.19. The predicted octanol–water partition coefficient (Wildman–Crippen LogP) is 0.807. The average molecular weight is 437 g/mol. The van der Waals surface area contributed by atoms with Crippen molar-refractivity contribution in [2.24, 2.45) is 5.92 Å². The van der Waals surface area contributed by atoms with Crippen molar-refractivity contribution in [1.82, 2.24) is 10.2 Å². The Hall–Kier alpha value is -2.36. The van der Waals surface area contributed by atoms with Crippen LogP contribution in [-0.4, -0.2) is 79.7 Å². The van der Waals surface area contributed by atoms with Gasteiger partial charge in [0, 0.05) is 32.2 Å². The minimum Gasteiger partial charge on any atom is -0.493 e. The molecule has 9 heteroatoms. The number of rotatable bonds is 6. The van der Waals surface area contributed by atoms with Crippen LogP contribution >= 0.6 is 0 Å². The fraction of sp³-hybridized carbons (Fsp3) is 0.636. The first-order valence-corrected chi connectivity index (χ1v) is 10.6. The van der Waals surface area contributed by atoms with Gasteiger partial charge in [0.1, 0.15) is 6.10 Å². The highest BCUT2D eigenvalue weighted by molar-refractivity contribution is 5.81. The molecule has 172 valence electrons. The quantitative estimate of drug-likeness (QED) is 0.561. The van der Waals surface area contributed by atoms with Crippen molar-refractivity contribution in [1.29, 1.82) is 0 Å². The second kappa shape index (κ2) is 10.8. The summed E-state index contributed by atoms with van der Waals surface area (Å²) in [4.78, 5) is 22.7. The molecule has 1 saturated carbocycles. The topological polar surface area (TPSA) is 118 Å². The number of hydrogen-bond donors (Lipinski definition) is 3. The number of ether oxygens (including phenoxy) is 3. The van der Waals surface area contributed by atoms with Gasteiger partial charge in [-0.05, 0) is 48.9 Å². The van der Waals surface area contributed by atoms with Gasteiger partial charge >= 0.3 is 0 Å². The van der Waals surface area contributed by atoms with Gasteiger partial charge in [-0.2, -0.15) is 0 Å². The molecule has 0 unspecified atom stereocenters. The van der Waals surface area contributed by atoms with E-state index in [0.717, 1.165) is 43.9 Å². The largest absolute Gasteiger partial charge is 0.493 e. The summed E-state index contributed by atoms with van der Waals surface area (Å²) < 4.78 is 16.7. The number of methoxy groups -OCH3 is 2. The lowest BCUT2D eigenvalue weighted by Crippen LogP contribution is -2.56. The molecule has 3 aliphatic rings. The smallest absolute Gasteiger partial charge is 0.290 e. The van der Waals surface area contributed by atoms with Crippen LogP contribution in [0.1, 0.15) is 30.4 Å². The van der Waals surface area contributed by atoms with Crippen molar-refractivity contribution in [3.8, 4) is 11.5 Å². The highest BCUT2D eigenvalue weighted by atomic mass is 16.5. The van der Waals surface area contributed by atoms with E-state index in [1.54, 1.807) is 14.2 Å². The fourth-order valence-electron chi connectivity index (χ4n) is 4.19. The van der Waals surface area contributed by atoms with Crippen LogP contribution < -0.4 is 14.8 Å². The average Bonchev–Trinajstić information content (AvgIpc) is 3.61. The van der Waals surface area contributed by atoms with Gasteiger partial charge < -0.3 is 29.7 Å². The van der Waals surface area contributed by atoms with Crippen molar-refractivity contribution in [3.05, 3.63) is 23.3 Å². The molecule has 9 nitrogen and oxygen atoms in total. The number of nitrogens with one attached hydrogen (secondary N) is 1. The number of carbonyl (C=O) groups is 2. The maximum absolute atomic E-state index is 12.1. The Bertz CT molecular complexity index is 768. The number of aliphatic hydroxyl groups excluding tert-OH is 1. The van der Waals surface area contributed by atoms with Crippen molar-refractivity contribution < 1.29 is 34.0 Å². The number of aliphatic hydroxyl groups is 1. The Balaban J connectivity index is 0.000000858. The second-order valence-electron chi connectivity index (χ2n) is 8.14. The summed E-state index contributed by atoms with van der Waals surface area (Å²) in [7, 11) is 3.30. The summed E-state index contributed by atoms with van der Waals surface area (Å²) in [6.45, 7) is 2.63. The van der Waals surface area contributed by atoms with Crippen LogP contribution in [0.25, 0.3) is 0 Å². The number of benzene rings is 1. The van der Waals surface area contributed by atoms with Crippen LogP contribution in [0.2, 0.25) is 0 Å². The molecule has 3 N–H and O–H groups in total. The van der Waals surface area contributed by atoms with Gasteiger partial charge in [-0.1, -0.05) is 0 Å². The molecule has 0 aromatic heterocycles. The Morgan fingerprint density at radius 1 is 1.23 bits per heavy atom. The molecular formula is C22H32N2O7. The SMILES string of the molecule is COc1cc2c(cc1OC)CN(C[C@H]1OCC[C@H](NC(=O)C3CC3)[C@@H]1O)CC2.O=CO. The first-order chi connectivity index (χ1) is 15.0. The van der Waals surface area contributed by atoms with E-state index in [2.05, 4.69) is 16.3 Å². The van der Waals surface area contributed by atoms with E-state index in [1.165, 1.54) is 11.1 Å². The zero-order valence-electron chi connectivity index (χ0n) is 18.1. The molecule has 0 radical (unpaired) electrons. The molecule has 1 amide bonds. The molecule has 0 spiro atoms. The summed E-state index contributed by atoms with van der Waals surface area (Å²) in [6, 6.07) is 3.88. The van der Waals surface area contributed by atoms with Gasteiger partial charge in [0.05, 0.1) is 26.4 Å². The van der Waals surface area contributed by atoms with Crippen molar-refractivity contribution in [3.63, 3.8) is 0 Å². The number of amides is 1. The van der Waals surface area contributed by atoms with Crippen LogP contribution in [-0.2, 0) is 27.3 Å². The van der Waals surface area contributed by atoms with E-state index in [-0.39, 0.29) is 30.4 Å². The molecule has 31 heavy (non-hydrogen) atoms. The number of nitrogens with zero attached hydrogens (tertiary/aromatic N) is 1. The van der Waals surface area contributed by atoms with E-state index in [9.17, 15) is 9.90 Å². The maximum atomic E-state index is 12.1. The van der Waals surface area contributed by atoms with Crippen molar-refractivity contribution >= 4 is 12.4 Å². The van der Waals surface area contributed by atoms with Gasteiger partial charge in [0.15, 0.2) is 11.5 Å². The van der Waals surface area contributed by atoms with Crippen LogP contribution in [0.4, 0.5) is 0 Å². The Labute approximate surface area is 182 Å². The lowest BCUT2D eigenvalue weighted by molar-refractivity contribution is -0.131. The van der Waals surface area contributed by atoms with Gasteiger partial charge in [0.25, 0.3) is 6.47 Å². The first-order valence-electron chi connectivity index (χ1n) is 10.6. The molecule has 2 fully saturated rings.